The van der Waals surface area contributed by atoms with Crippen LogP contribution in [0.25, 0.3) is 10.2 Å². The zero-order chi connectivity index (χ0) is 21.1. The quantitative estimate of drug-likeness (QED) is 0.490. The van der Waals surface area contributed by atoms with Crippen LogP contribution in [0.5, 0.6) is 11.5 Å². The molecule has 3 aromatic rings. The van der Waals surface area contributed by atoms with Crippen molar-refractivity contribution >= 4 is 45.0 Å². The van der Waals surface area contributed by atoms with E-state index in [9.17, 15) is 9.18 Å². The van der Waals surface area contributed by atoms with Gasteiger partial charge in [-0.05, 0) is 42.9 Å². The molecule has 0 N–H and O–H groups in total. The number of aromatic nitrogens is 1. The first-order valence-corrected chi connectivity index (χ1v) is 10.9. The molecule has 1 amide bonds. The van der Waals surface area contributed by atoms with Crippen molar-refractivity contribution in [2.45, 2.75) is 20.3 Å². The summed E-state index contributed by atoms with van der Waals surface area (Å²) in [6.45, 7) is 7.39. The van der Waals surface area contributed by atoms with Gasteiger partial charge in [0, 0.05) is 13.1 Å². The van der Waals surface area contributed by atoms with E-state index in [0.717, 1.165) is 29.9 Å². The van der Waals surface area contributed by atoms with Gasteiger partial charge in [-0.2, -0.15) is 0 Å². The molecule has 1 aliphatic heterocycles. The number of nitrogens with zero attached hydrogens (tertiary/aromatic N) is 3. The Hall–Kier alpha value is -2.42. The molecule has 0 saturated carbocycles. The Labute approximate surface area is 191 Å². The summed E-state index contributed by atoms with van der Waals surface area (Å²) in [4.78, 5) is 21.6. The van der Waals surface area contributed by atoms with Crippen LogP contribution >= 0.6 is 23.7 Å². The van der Waals surface area contributed by atoms with Gasteiger partial charge in [-0.3, -0.25) is 9.69 Å². The number of ether oxygens (including phenoxy) is 2. The number of carbonyl (C=O) groups excluding carboxylic acids is 1. The number of amides is 1. The second-order valence-corrected chi connectivity index (χ2v) is 8.03. The molecule has 2 aromatic carbocycles. The lowest BCUT2D eigenvalue weighted by Crippen LogP contribution is -2.39. The normalized spacial score (nSPS) is 12.3. The zero-order valence-electron chi connectivity index (χ0n) is 17.5. The molecule has 166 valence electrons. The second kappa shape index (κ2) is 10.3. The van der Waals surface area contributed by atoms with E-state index in [0.29, 0.717) is 28.7 Å². The van der Waals surface area contributed by atoms with E-state index in [2.05, 4.69) is 23.7 Å². The first kappa shape index (κ1) is 23.2. The Bertz CT molecular complexity index is 1060. The summed E-state index contributed by atoms with van der Waals surface area (Å²) in [5.74, 6) is 0.880. The van der Waals surface area contributed by atoms with Crippen molar-refractivity contribution in [1.29, 1.82) is 0 Å². The summed E-state index contributed by atoms with van der Waals surface area (Å²) in [7, 11) is 0. The molecule has 2 heterocycles. The van der Waals surface area contributed by atoms with Crippen LogP contribution in [0.1, 0.15) is 19.4 Å². The molecule has 1 aromatic heterocycles. The van der Waals surface area contributed by atoms with Gasteiger partial charge in [0.15, 0.2) is 16.6 Å². The molecule has 0 unspecified atom stereocenters. The van der Waals surface area contributed by atoms with Crippen molar-refractivity contribution in [3.05, 3.63) is 47.8 Å². The van der Waals surface area contributed by atoms with Crippen LogP contribution in [0.3, 0.4) is 0 Å². The summed E-state index contributed by atoms with van der Waals surface area (Å²) in [6, 6.07) is 10.4. The molecule has 6 nitrogen and oxygen atoms in total. The molecule has 0 radical (unpaired) electrons. The maximum atomic E-state index is 14.2. The van der Waals surface area contributed by atoms with Gasteiger partial charge >= 0.3 is 0 Å². The number of para-hydroxylation sites is 1. The fraction of sp³-hybridized carbons (Fsp3) is 0.364. The van der Waals surface area contributed by atoms with Gasteiger partial charge in [-0.1, -0.05) is 37.3 Å². The topological polar surface area (TPSA) is 54.9 Å². The van der Waals surface area contributed by atoms with Crippen LogP contribution in [0.2, 0.25) is 0 Å². The zero-order valence-corrected chi connectivity index (χ0v) is 19.1. The smallest absolute Gasteiger partial charge is 0.233 e. The Balaban J connectivity index is 0.00000272. The number of halogens is 2. The number of thiazole rings is 1. The number of benzene rings is 2. The summed E-state index contributed by atoms with van der Waals surface area (Å²) >= 11 is 1.34. The van der Waals surface area contributed by atoms with Crippen LogP contribution < -0.4 is 14.4 Å². The molecule has 0 saturated heterocycles. The van der Waals surface area contributed by atoms with Crippen LogP contribution in [0.4, 0.5) is 9.52 Å². The summed E-state index contributed by atoms with van der Waals surface area (Å²) in [6.07, 6.45) is 0.202. The van der Waals surface area contributed by atoms with Gasteiger partial charge < -0.3 is 14.4 Å². The molecule has 0 atom stereocenters. The molecular formula is C22H25ClFN3O3S. The van der Waals surface area contributed by atoms with E-state index < -0.39 is 0 Å². The highest BCUT2D eigenvalue weighted by Crippen LogP contribution is 2.34. The van der Waals surface area contributed by atoms with Gasteiger partial charge in [0.05, 0.1) is 11.1 Å². The van der Waals surface area contributed by atoms with Gasteiger partial charge in [-0.25, -0.2) is 9.37 Å². The lowest BCUT2D eigenvalue weighted by molar-refractivity contribution is -0.118. The van der Waals surface area contributed by atoms with Crippen molar-refractivity contribution in [3.63, 3.8) is 0 Å². The fourth-order valence-electron chi connectivity index (χ4n) is 3.45. The maximum absolute atomic E-state index is 14.2. The number of likely N-dealkylation sites (N-methyl/N-ethyl adjacent to an activating group) is 1. The Morgan fingerprint density at radius 2 is 1.90 bits per heavy atom. The van der Waals surface area contributed by atoms with E-state index in [1.165, 1.54) is 17.4 Å². The second-order valence-electron chi connectivity index (χ2n) is 7.02. The average Bonchev–Trinajstić information content (AvgIpc) is 3.38. The van der Waals surface area contributed by atoms with E-state index in [4.69, 9.17) is 9.47 Å². The number of rotatable bonds is 8. The van der Waals surface area contributed by atoms with Crippen molar-refractivity contribution in [2.75, 3.05) is 37.9 Å². The first-order chi connectivity index (χ1) is 14.6. The van der Waals surface area contributed by atoms with E-state index in [-0.39, 0.29) is 37.3 Å². The minimum atomic E-state index is -0.373. The van der Waals surface area contributed by atoms with Crippen LogP contribution in [0.15, 0.2) is 36.4 Å². The highest BCUT2D eigenvalue weighted by Gasteiger charge is 2.23. The molecule has 0 bridgehead atoms. The Kier molecular flexibility index (Phi) is 7.69. The average molecular weight is 466 g/mol. The molecule has 0 spiro atoms. The molecule has 9 heteroatoms. The molecule has 4 rings (SSSR count). The largest absolute Gasteiger partial charge is 0.454 e. The van der Waals surface area contributed by atoms with Gasteiger partial charge in [0.2, 0.25) is 12.7 Å². The molecule has 0 fully saturated rings. The number of fused-ring (bicyclic) bond motifs is 2. The Morgan fingerprint density at radius 3 is 2.65 bits per heavy atom. The number of carbonyl (C=O) groups is 1. The molecule has 1 aliphatic rings. The monoisotopic (exact) mass is 465 g/mol. The van der Waals surface area contributed by atoms with E-state index >= 15 is 0 Å². The summed E-state index contributed by atoms with van der Waals surface area (Å²) < 4.78 is 25.7. The predicted octanol–water partition coefficient (Wildman–Crippen LogP) is 4.50. The van der Waals surface area contributed by atoms with E-state index in [1.54, 1.807) is 11.0 Å². The summed E-state index contributed by atoms with van der Waals surface area (Å²) in [5.41, 5.74) is 1.14. The Morgan fingerprint density at radius 1 is 1.13 bits per heavy atom. The lowest BCUT2D eigenvalue weighted by Gasteiger charge is -2.24. The standard InChI is InChI=1S/C22H24FN3O3S.ClH/c1-3-25(4-2)10-11-26(22-24-21-16(23)6-5-7-19(21)30-22)20(27)13-15-8-9-17-18(12-15)29-14-28-17;/h5-9,12H,3-4,10-11,13-14H2,1-2H3;1H. The third-order valence-electron chi connectivity index (χ3n) is 5.22. The first-order valence-electron chi connectivity index (χ1n) is 10.0. The van der Waals surface area contributed by atoms with Crippen molar-refractivity contribution in [1.82, 2.24) is 9.88 Å². The lowest BCUT2D eigenvalue weighted by atomic mass is 10.1. The van der Waals surface area contributed by atoms with E-state index in [1.807, 2.05) is 24.3 Å². The molecular weight excluding hydrogens is 441 g/mol. The van der Waals surface area contributed by atoms with Gasteiger partial charge in [0.1, 0.15) is 11.3 Å². The highest BCUT2D eigenvalue weighted by atomic mass is 35.5. The summed E-state index contributed by atoms with van der Waals surface area (Å²) in [5, 5.41) is 0.521. The van der Waals surface area contributed by atoms with Crippen molar-refractivity contribution < 1.29 is 18.7 Å². The molecule has 31 heavy (non-hydrogen) atoms. The fourth-order valence-corrected chi connectivity index (χ4v) is 4.47. The third-order valence-corrected chi connectivity index (χ3v) is 6.26. The minimum absolute atomic E-state index is 0. The minimum Gasteiger partial charge on any atom is -0.454 e. The van der Waals surface area contributed by atoms with Crippen molar-refractivity contribution in [3.8, 4) is 11.5 Å². The molecule has 0 aliphatic carbocycles. The van der Waals surface area contributed by atoms with Gasteiger partial charge in [0.25, 0.3) is 0 Å². The third kappa shape index (κ3) is 5.08. The maximum Gasteiger partial charge on any atom is 0.233 e. The highest BCUT2D eigenvalue weighted by molar-refractivity contribution is 7.22. The van der Waals surface area contributed by atoms with Crippen molar-refractivity contribution in [2.24, 2.45) is 0 Å². The van der Waals surface area contributed by atoms with Crippen LogP contribution in [-0.4, -0.2) is 48.8 Å². The number of anilines is 1. The number of hydrogen-bond donors (Lipinski definition) is 0. The van der Waals surface area contributed by atoms with Crippen LogP contribution in [-0.2, 0) is 11.2 Å². The SMILES string of the molecule is CCN(CC)CCN(C(=O)Cc1ccc2c(c1)OCO2)c1nc2c(F)cccc2s1.Cl. The van der Waals surface area contributed by atoms with Gasteiger partial charge in [-0.15, -0.1) is 12.4 Å². The predicted molar refractivity (Wildman–Crippen MR) is 123 cm³/mol. The van der Waals surface area contributed by atoms with Crippen LogP contribution in [0, 0.1) is 5.82 Å². The number of hydrogen-bond acceptors (Lipinski definition) is 6.